The van der Waals surface area contributed by atoms with Crippen LogP contribution < -0.4 is 5.32 Å². The van der Waals surface area contributed by atoms with E-state index in [4.69, 9.17) is 10.00 Å². The monoisotopic (exact) mass is 355 g/mol. The molecule has 1 amide bonds. The predicted octanol–water partition coefficient (Wildman–Crippen LogP) is 3.75. The van der Waals surface area contributed by atoms with Gasteiger partial charge in [0.05, 0.1) is 29.7 Å². The smallest absolute Gasteiger partial charge is 0.408 e. The van der Waals surface area contributed by atoms with E-state index >= 15 is 0 Å². The van der Waals surface area contributed by atoms with E-state index < -0.39 is 11.7 Å². The van der Waals surface area contributed by atoms with Crippen molar-refractivity contribution < 1.29 is 9.53 Å². The van der Waals surface area contributed by atoms with Crippen molar-refractivity contribution in [2.45, 2.75) is 64.5 Å². The Kier molecular flexibility index (Phi) is 5.12. The highest BCUT2D eigenvalue weighted by Crippen LogP contribution is 2.34. The van der Waals surface area contributed by atoms with Gasteiger partial charge in [-0.2, -0.15) is 10.4 Å². The van der Waals surface area contributed by atoms with Crippen LogP contribution in [0.5, 0.6) is 0 Å². The van der Waals surface area contributed by atoms with Crippen LogP contribution in [0.2, 0.25) is 0 Å². The lowest BCUT2D eigenvalue weighted by molar-refractivity contribution is 0.0474. The van der Waals surface area contributed by atoms with Crippen LogP contribution in [0.25, 0.3) is 5.65 Å². The fourth-order valence-corrected chi connectivity index (χ4v) is 3.44. The molecule has 0 saturated heterocycles. The molecule has 7 heteroatoms. The number of carbonyl (C=O) groups excluding carboxylic acids is 1. The number of nitrogens with zero attached hydrogens (tertiary/aromatic N) is 4. The third-order valence-corrected chi connectivity index (χ3v) is 4.58. The number of nitriles is 1. The van der Waals surface area contributed by atoms with Gasteiger partial charge in [0.15, 0.2) is 5.65 Å². The molecule has 1 aliphatic carbocycles. The van der Waals surface area contributed by atoms with Crippen molar-refractivity contribution in [3.05, 3.63) is 29.7 Å². The quantitative estimate of drug-likeness (QED) is 0.905. The second kappa shape index (κ2) is 7.32. The van der Waals surface area contributed by atoms with Crippen LogP contribution in [0, 0.1) is 17.2 Å². The molecular formula is C19H25N5O2. The van der Waals surface area contributed by atoms with Gasteiger partial charge in [0.25, 0.3) is 0 Å². The van der Waals surface area contributed by atoms with E-state index in [2.05, 4.69) is 21.5 Å². The van der Waals surface area contributed by atoms with Gasteiger partial charge >= 0.3 is 6.09 Å². The summed E-state index contributed by atoms with van der Waals surface area (Å²) in [6.07, 6.45) is 8.53. The number of imidazole rings is 1. The molecule has 0 radical (unpaired) electrons. The number of amides is 1. The number of rotatable bonds is 3. The van der Waals surface area contributed by atoms with Crippen LogP contribution >= 0.6 is 0 Å². The standard InChI is InChI=1S/C19H25N5O2/c1-19(2,3)26-18(25)23-17(14-7-5-4-6-8-14)15-12-24-16(22-15)9-13(10-20)11-21-24/h9,11-12,14,17H,4-8H2,1-3H3,(H,23,25). The molecule has 0 aliphatic heterocycles. The zero-order valence-electron chi connectivity index (χ0n) is 15.5. The molecular weight excluding hydrogens is 330 g/mol. The summed E-state index contributed by atoms with van der Waals surface area (Å²) >= 11 is 0. The Morgan fingerprint density at radius 2 is 2.12 bits per heavy atom. The Balaban J connectivity index is 1.89. The molecule has 1 atom stereocenters. The van der Waals surface area contributed by atoms with Crippen LogP contribution in [-0.4, -0.2) is 26.3 Å². The summed E-state index contributed by atoms with van der Waals surface area (Å²) in [5, 5.41) is 16.3. The van der Waals surface area contributed by atoms with E-state index in [0.29, 0.717) is 17.1 Å². The van der Waals surface area contributed by atoms with Gasteiger partial charge in [0, 0.05) is 6.07 Å². The van der Waals surface area contributed by atoms with Gasteiger partial charge in [-0.1, -0.05) is 19.3 Å². The van der Waals surface area contributed by atoms with Gasteiger partial charge < -0.3 is 10.1 Å². The SMILES string of the molecule is CC(C)(C)OC(=O)NC(c1cn2ncc(C#N)cc2n1)C1CCCCC1. The molecule has 2 aromatic heterocycles. The van der Waals surface area contributed by atoms with Crippen molar-refractivity contribution >= 4 is 11.7 Å². The molecule has 1 aliphatic rings. The van der Waals surface area contributed by atoms with Crippen molar-refractivity contribution in [3.63, 3.8) is 0 Å². The lowest BCUT2D eigenvalue weighted by Gasteiger charge is -2.30. The maximum Gasteiger partial charge on any atom is 0.408 e. The van der Waals surface area contributed by atoms with Crippen LogP contribution in [0.4, 0.5) is 4.79 Å². The average molecular weight is 355 g/mol. The molecule has 0 spiro atoms. The first-order valence-corrected chi connectivity index (χ1v) is 9.11. The number of ether oxygens (including phenoxy) is 1. The summed E-state index contributed by atoms with van der Waals surface area (Å²) in [6, 6.07) is 3.55. The molecule has 26 heavy (non-hydrogen) atoms. The first kappa shape index (κ1) is 18.2. The van der Waals surface area contributed by atoms with Crippen LogP contribution in [0.15, 0.2) is 18.5 Å². The fourth-order valence-electron chi connectivity index (χ4n) is 3.44. The van der Waals surface area contributed by atoms with E-state index in [9.17, 15) is 4.79 Å². The Morgan fingerprint density at radius 3 is 2.77 bits per heavy atom. The second-order valence-electron chi connectivity index (χ2n) is 7.85. The van der Waals surface area contributed by atoms with E-state index in [-0.39, 0.29) is 6.04 Å². The minimum Gasteiger partial charge on any atom is -0.444 e. The highest BCUT2D eigenvalue weighted by Gasteiger charge is 2.30. The predicted molar refractivity (Wildman–Crippen MR) is 96.4 cm³/mol. The first-order chi connectivity index (χ1) is 12.4. The maximum atomic E-state index is 12.4. The minimum atomic E-state index is -0.552. The summed E-state index contributed by atoms with van der Waals surface area (Å²) in [5.41, 5.74) is 1.27. The lowest BCUT2D eigenvalue weighted by Crippen LogP contribution is -2.38. The molecule has 0 bridgehead atoms. The third-order valence-electron chi connectivity index (χ3n) is 4.58. The van der Waals surface area contributed by atoms with Crippen molar-refractivity contribution in [1.29, 1.82) is 5.26 Å². The zero-order chi connectivity index (χ0) is 18.7. The van der Waals surface area contributed by atoms with Gasteiger partial charge in [-0.05, 0) is 39.5 Å². The Morgan fingerprint density at radius 1 is 1.38 bits per heavy atom. The molecule has 1 unspecified atom stereocenters. The number of aromatic nitrogens is 3. The van der Waals surface area contributed by atoms with E-state index in [0.717, 1.165) is 31.4 Å². The van der Waals surface area contributed by atoms with E-state index in [1.165, 1.54) is 12.6 Å². The van der Waals surface area contributed by atoms with Crippen molar-refractivity contribution in [3.8, 4) is 6.07 Å². The molecule has 2 heterocycles. The molecule has 1 N–H and O–H groups in total. The third kappa shape index (κ3) is 4.31. The van der Waals surface area contributed by atoms with Crippen molar-refractivity contribution in [2.75, 3.05) is 0 Å². The number of nitrogens with one attached hydrogen (secondary N) is 1. The second-order valence-corrected chi connectivity index (χ2v) is 7.85. The average Bonchev–Trinajstić information content (AvgIpc) is 3.01. The first-order valence-electron chi connectivity index (χ1n) is 9.11. The Labute approximate surface area is 153 Å². The van der Waals surface area contributed by atoms with Crippen LogP contribution in [0.1, 0.15) is 70.2 Å². The highest BCUT2D eigenvalue weighted by molar-refractivity contribution is 5.68. The zero-order valence-corrected chi connectivity index (χ0v) is 15.5. The Bertz CT molecular complexity index is 825. The molecule has 7 nitrogen and oxygen atoms in total. The largest absolute Gasteiger partial charge is 0.444 e. The van der Waals surface area contributed by atoms with E-state index in [1.807, 2.05) is 27.0 Å². The van der Waals surface area contributed by atoms with Gasteiger partial charge in [0.2, 0.25) is 0 Å². The minimum absolute atomic E-state index is 0.225. The number of hydrogen-bond acceptors (Lipinski definition) is 5. The molecule has 3 rings (SSSR count). The number of alkyl carbamates (subject to hydrolysis) is 1. The van der Waals surface area contributed by atoms with Gasteiger partial charge in [-0.15, -0.1) is 0 Å². The lowest BCUT2D eigenvalue weighted by atomic mass is 9.83. The molecule has 1 fully saturated rings. The number of fused-ring (bicyclic) bond motifs is 1. The molecule has 2 aromatic rings. The highest BCUT2D eigenvalue weighted by atomic mass is 16.6. The van der Waals surface area contributed by atoms with Crippen LogP contribution in [-0.2, 0) is 4.74 Å². The van der Waals surface area contributed by atoms with E-state index in [1.54, 1.807) is 10.6 Å². The fraction of sp³-hybridized carbons (Fsp3) is 0.579. The number of hydrogen-bond donors (Lipinski definition) is 1. The van der Waals surface area contributed by atoms with Gasteiger partial charge in [-0.3, -0.25) is 0 Å². The normalized spacial score (nSPS) is 16.8. The number of carbonyl (C=O) groups is 1. The van der Waals surface area contributed by atoms with Crippen molar-refractivity contribution in [1.82, 2.24) is 19.9 Å². The Hall–Kier alpha value is -2.62. The van der Waals surface area contributed by atoms with Crippen LogP contribution in [0.3, 0.4) is 0 Å². The summed E-state index contributed by atoms with van der Waals surface area (Å²) in [4.78, 5) is 17.0. The summed E-state index contributed by atoms with van der Waals surface area (Å²) < 4.78 is 7.09. The summed E-state index contributed by atoms with van der Waals surface area (Å²) in [7, 11) is 0. The summed E-state index contributed by atoms with van der Waals surface area (Å²) in [5.74, 6) is 0.316. The van der Waals surface area contributed by atoms with Gasteiger partial charge in [-0.25, -0.2) is 14.3 Å². The molecule has 0 aromatic carbocycles. The maximum absolute atomic E-state index is 12.4. The molecule has 1 saturated carbocycles. The molecule has 138 valence electrons. The summed E-state index contributed by atoms with van der Waals surface area (Å²) in [6.45, 7) is 5.54. The van der Waals surface area contributed by atoms with Gasteiger partial charge in [0.1, 0.15) is 11.7 Å². The topological polar surface area (TPSA) is 92.3 Å². The van der Waals surface area contributed by atoms with Crippen molar-refractivity contribution in [2.24, 2.45) is 5.92 Å².